The van der Waals surface area contributed by atoms with Crippen LogP contribution in [0, 0.1) is 10.1 Å². The van der Waals surface area contributed by atoms with E-state index < -0.39 is 16.8 Å². The predicted molar refractivity (Wildman–Crippen MR) is 69.9 cm³/mol. The first-order valence-corrected chi connectivity index (χ1v) is 5.74. The van der Waals surface area contributed by atoms with E-state index in [-0.39, 0.29) is 35.5 Å². The Morgan fingerprint density at radius 1 is 1.45 bits per heavy atom. The summed E-state index contributed by atoms with van der Waals surface area (Å²) in [5.41, 5.74) is -0.322. The van der Waals surface area contributed by atoms with Crippen LogP contribution >= 0.6 is 0 Å². The van der Waals surface area contributed by atoms with E-state index in [9.17, 15) is 19.7 Å². The normalized spacial score (nSPS) is 10.1. The number of aromatic carboxylic acids is 1. The van der Waals surface area contributed by atoms with Gasteiger partial charge in [0.05, 0.1) is 10.5 Å². The first-order valence-electron chi connectivity index (χ1n) is 5.74. The van der Waals surface area contributed by atoms with Gasteiger partial charge in [0.15, 0.2) is 0 Å². The second-order valence-electron chi connectivity index (χ2n) is 3.88. The van der Waals surface area contributed by atoms with Crippen molar-refractivity contribution in [2.45, 2.75) is 13.3 Å². The minimum Gasteiger partial charge on any atom is -0.478 e. The molecule has 0 bridgehead atoms. The van der Waals surface area contributed by atoms with E-state index in [1.54, 1.807) is 6.92 Å². The lowest BCUT2D eigenvalue weighted by atomic mass is 10.0. The molecule has 1 rings (SSSR count). The Bertz CT molecular complexity index is 555. The van der Waals surface area contributed by atoms with Crippen molar-refractivity contribution in [1.82, 2.24) is 0 Å². The second-order valence-corrected chi connectivity index (χ2v) is 3.88. The van der Waals surface area contributed by atoms with Crippen LogP contribution in [0.2, 0.25) is 0 Å². The summed E-state index contributed by atoms with van der Waals surface area (Å²) >= 11 is 0. The smallest absolute Gasteiger partial charge is 0.336 e. The highest BCUT2D eigenvalue weighted by atomic mass is 16.6. The average molecular weight is 282 g/mol. The maximum absolute atomic E-state index is 11.5. The number of carbonyl (C=O) groups is 2. The molecule has 1 aromatic carbocycles. The Balaban J connectivity index is 3.40. The molecule has 0 radical (unpaired) electrons. The lowest BCUT2D eigenvalue weighted by Crippen LogP contribution is -2.20. The number of benzene rings is 1. The van der Waals surface area contributed by atoms with Crippen LogP contribution in [-0.2, 0) is 16.0 Å². The third kappa shape index (κ3) is 3.29. The van der Waals surface area contributed by atoms with Crippen LogP contribution < -0.4 is 5.32 Å². The van der Waals surface area contributed by atoms with Crippen LogP contribution in [-0.4, -0.2) is 35.6 Å². The maximum atomic E-state index is 11.5. The molecule has 0 aromatic heterocycles. The van der Waals surface area contributed by atoms with E-state index in [0.717, 1.165) is 12.1 Å². The first kappa shape index (κ1) is 15.6. The topological polar surface area (TPSA) is 119 Å². The Labute approximate surface area is 114 Å². The van der Waals surface area contributed by atoms with E-state index in [1.165, 1.54) is 7.11 Å². The number of hydrogen-bond acceptors (Lipinski definition) is 5. The quantitative estimate of drug-likeness (QED) is 0.602. The van der Waals surface area contributed by atoms with Gasteiger partial charge in [0.2, 0.25) is 0 Å². The third-order valence-corrected chi connectivity index (χ3v) is 2.61. The van der Waals surface area contributed by atoms with E-state index in [1.807, 2.05) is 0 Å². The Morgan fingerprint density at radius 3 is 2.55 bits per heavy atom. The van der Waals surface area contributed by atoms with Gasteiger partial charge in [-0.2, -0.15) is 0 Å². The van der Waals surface area contributed by atoms with Gasteiger partial charge in [0, 0.05) is 13.2 Å². The Morgan fingerprint density at radius 2 is 2.10 bits per heavy atom. The number of anilines is 1. The molecule has 0 atom stereocenters. The van der Waals surface area contributed by atoms with Gasteiger partial charge in [-0.1, -0.05) is 6.92 Å². The van der Waals surface area contributed by atoms with Crippen molar-refractivity contribution in [2.24, 2.45) is 0 Å². The molecule has 0 aliphatic carbocycles. The van der Waals surface area contributed by atoms with E-state index in [4.69, 9.17) is 5.11 Å². The Kier molecular flexibility index (Phi) is 5.15. The summed E-state index contributed by atoms with van der Waals surface area (Å²) in [4.78, 5) is 33.0. The number of carboxylic acid groups (broad SMARTS) is 1. The number of nitro benzene ring substituents is 1. The molecule has 1 amide bonds. The molecular formula is C12H14N2O6. The monoisotopic (exact) mass is 282 g/mol. The molecule has 0 fully saturated rings. The molecule has 1 aromatic rings. The van der Waals surface area contributed by atoms with Gasteiger partial charge >= 0.3 is 5.97 Å². The van der Waals surface area contributed by atoms with E-state index >= 15 is 0 Å². The van der Waals surface area contributed by atoms with Gasteiger partial charge in [0.1, 0.15) is 12.3 Å². The van der Waals surface area contributed by atoms with E-state index in [0.29, 0.717) is 0 Å². The summed E-state index contributed by atoms with van der Waals surface area (Å²) in [6.45, 7) is 1.37. The molecule has 108 valence electrons. The highest BCUT2D eigenvalue weighted by Crippen LogP contribution is 2.31. The maximum Gasteiger partial charge on any atom is 0.336 e. The van der Waals surface area contributed by atoms with Crippen molar-refractivity contribution >= 4 is 23.3 Å². The molecule has 0 aliphatic rings. The summed E-state index contributed by atoms with van der Waals surface area (Å²) in [5, 5.41) is 22.4. The van der Waals surface area contributed by atoms with Crippen LogP contribution in [0.25, 0.3) is 0 Å². The molecule has 0 spiro atoms. The number of nitrogens with one attached hydrogen (secondary N) is 1. The average Bonchev–Trinajstić information content (AvgIpc) is 2.37. The minimum absolute atomic E-state index is 0.0779. The van der Waals surface area contributed by atoms with E-state index in [2.05, 4.69) is 10.1 Å². The van der Waals surface area contributed by atoms with Crippen LogP contribution in [0.3, 0.4) is 0 Å². The zero-order valence-corrected chi connectivity index (χ0v) is 11.0. The van der Waals surface area contributed by atoms with Gasteiger partial charge in [-0.25, -0.2) is 4.79 Å². The fraction of sp³-hybridized carbons (Fsp3) is 0.333. The van der Waals surface area contributed by atoms with Crippen molar-refractivity contribution in [3.63, 3.8) is 0 Å². The zero-order valence-electron chi connectivity index (χ0n) is 11.0. The lowest BCUT2D eigenvalue weighted by molar-refractivity contribution is -0.384. The molecule has 0 unspecified atom stereocenters. The van der Waals surface area contributed by atoms with Crippen molar-refractivity contribution in [3.05, 3.63) is 33.4 Å². The summed E-state index contributed by atoms with van der Waals surface area (Å²) < 4.78 is 4.63. The molecule has 0 aliphatic heterocycles. The zero-order chi connectivity index (χ0) is 15.3. The van der Waals surface area contributed by atoms with Crippen molar-refractivity contribution < 1.29 is 24.4 Å². The number of hydrogen-bond donors (Lipinski definition) is 2. The van der Waals surface area contributed by atoms with Gasteiger partial charge in [0.25, 0.3) is 11.6 Å². The number of rotatable bonds is 6. The Hall–Kier alpha value is -2.48. The van der Waals surface area contributed by atoms with Gasteiger partial charge in [-0.3, -0.25) is 14.9 Å². The van der Waals surface area contributed by atoms with Gasteiger partial charge < -0.3 is 15.2 Å². The number of carbonyl (C=O) groups excluding carboxylic acids is 1. The molecule has 20 heavy (non-hydrogen) atoms. The molecular weight excluding hydrogens is 268 g/mol. The minimum atomic E-state index is -1.21. The second kappa shape index (κ2) is 6.62. The van der Waals surface area contributed by atoms with Crippen LogP contribution in [0.15, 0.2) is 12.1 Å². The van der Waals surface area contributed by atoms with Crippen molar-refractivity contribution in [2.75, 3.05) is 19.0 Å². The number of nitrogens with zero attached hydrogens (tertiary/aromatic N) is 1. The third-order valence-electron chi connectivity index (χ3n) is 2.61. The SMILES string of the molecule is CCc1c(C(=O)O)ccc([N+](=O)[O-])c1NC(=O)COC. The predicted octanol–water partition coefficient (Wildman–Crippen LogP) is 1.44. The molecule has 0 saturated carbocycles. The highest BCUT2D eigenvalue weighted by molar-refractivity contribution is 5.99. The summed E-state index contributed by atoms with van der Waals surface area (Å²) in [6.07, 6.45) is 0.228. The highest BCUT2D eigenvalue weighted by Gasteiger charge is 2.24. The fourth-order valence-electron chi connectivity index (χ4n) is 1.80. The first-order chi connectivity index (χ1) is 9.42. The number of amides is 1. The standard InChI is InChI=1S/C12H14N2O6/c1-3-7-8(12(16)17)4-5-9(14(18)19)11(7)13-10(15)6-20-2/h4-5H,3,6H2,1-2H3,(H,13,15)(H,16,17). The van der Waals surface area contributed by atoms with Crippen molar-refractivity contribution in [1.29, 1.82) is 0 Å². The number of methoxy groups -OCH3 is 1. The van der Waals surface area contributed by atoms with Crippen molar-refractivity contribution in [3.8, 4) is 0 Å². The lowest BCUT2D eigenvalue weighted by Gasteiger charge is -2.12. The summed E-state index contributed by atoms with van der Waals surface area (Å²) in [6, 6.07) is 2.22. The summed E-state index contributed by atoms with van der Waals surface area (Å²) in [5.74, 6) is -1.80. The van der Waals surface area contributed by atoms with Gasteiger partial charge in [-0.15, -0.1) is 0 Å². The number of nitro groups is 1. The molecule has 0 saturated heterocycles. The molecule has 8 nitrogen and oxygen atoms in total. The molecule has 8 heteroatoms. The number of ether oxygens (including phenoxy) is 1. The van der Waals surface area contributed by atoms with Crippen LogP contribution in [0.4, 0.5) is 11.4 Å². The van der Waals surface area contributed by atoms with Crippen LogP contribution in [0.5, 0.6) is 0 Å². The van der Waals surface area contributed by atoms with Crippen LogP contribution in [0.1, 0.15) is 22.8 Å². The molecule has 0 heterocycles. The van der Waals surface area contributed by atoms with Gasteiger partial charge in [-0.05, 0) is 18.1 Å². The fourth-order valence-corrected chi connectivity index (χ4v) is 1.80. The summed E-state index contributed by atoms with van der Waals surface area (Å²) in [7, 11) is 1.31. The molecule has 2 N–H and O–H groups in total. The number of carboxylic acids is 1. The largest absolute Gasteiger partial charge is 0.478 e.